The highest BCUT2D eigenvalue weighted by Crippen LogP contribution is 2.29. The number of aliphatic hydroxyl groups excluding tert-OH is 1. The maximum Gasteiger partial charge on any atom is 0.433 e. The van der Waals surface area contributed by atoms with Crippen LogP contribution in [0, 0.1) is 0 Å². The van der Waals surface area contributed by atoms with Crippen LogP contribution in [0.5, 0.6) is 0 Å². The number of rotatable bonds is 4. The van der Waals surface area contributed by atoms with E-state index in [2.05, 4.69) is 9.71 Å². The molecule has 0 spiro atoms. The molecule has 0 saturated heterocycles. The average Bonchev–Trinajstić information content (AvgIpc) is 2.87. The summed E-state index contributed by atoms with van der Waals surface area (Å²) in [6.45, 7) is -0.445. The minimum absolute atomic E-state index is 0.0990. The van der Waals surface area contributed by atoms with Crippen LogP contribution in [-0.4, -0.2) is 18.5 Å². The summed E-state index contributed by atoms with van der Waals surface area (Å²) in [4.78, 5) is 3.28. The largest absolute Gasteiger partial charge is 0.433 e. The first-order valence-electron chi connectivity index (χ1n) is 5.47. The Balaban J connectivity index is 2.25. The van der Waals surface area contributed by atoms with Crippen molar-refractivity contribution in [3.05, 3.63) is 40.3 Å². The van der Waals surface area contributed by atoms with Gasteiger partial charge in [0.2, 0.25) is 0 Å². The molecule has 10 heteroatoms. The van der Waals surface area contributed by atoms with Crippen LogP contribution >= 0.6 is 11.3 Å². The van der Waals surface area contributed by atoms with Gasteiger partial charge in [0.15, 0.2) is 0 Å². The number of aliphatic hydroxyl groups is 1. The molecule has 2 aromatic heterocycles. The number of nitrogens with zero attached hydrogens (tertiary/aromatic N) is 1. The summed E-state index contributed by atoms with van der Waals surface area (Å²) in [5, 5.41) is 10.5. The number of nitrogens with one attached hydrogen (secondary N) is 1. The molecule has 0 bridgehead atoms. The van der Waals surface area contributed by atoms with E-state index in [-0.39, 0.29) is 15.5 Å². The number of hydrogen-bond acceptors (Lipinski definition) is 5. The number of alkyl halides is 3. The van der Waals surface area contributed by atoms with Gasteiger partial charge in [-0.25, -0.2) is 13.4 Å². The number of pyridine rings is 1. The monoisotopic (exact) mass is 338 g/mol. The summed E-state index contributed by atoms with van der Waals surface area (Å²) in [6.07, 6.45) is -3.81. The number of thiophene rings is 1. The zero-order chi connectivity index (χ0) is 15.7. The van der Waals surface area contributed by atoms with Gasteiger partial charge in [0.05, 0.1) is 23.4 Å². The molecule has 0 aliphatic carbocycles. The molecule has 2 rings (SSSR count). The molecular formula is C11H9F3N2O3S2. The van der Waals surface area contributed by atoms with E-state index in [1.54, 1.807) is 0 Å². The fourth-order valence-electron chi connectivity index (χ4n) is 1.52. The van der Waals surface area contributed by atoms with Crippen molar-refractivity contribution in [2.45, 2.75) is 17.7 Å². The first-order valence-corrected chi connectivity index (χ1v) is 7.83. The Kier molecular flexibility index (Phi) is 4.21. The van der Waals surface area contributed by atoms with Gasteiger partial charge in [0.1, 0.15) is 10.6 Å². The van der Waals surface area contributed by atoms with Gasteiger partial charge in [-0.05, 0) is 23.6 Å². The summed E-state index contributed by atoms with van der Waals surface area (Å²) in [7, 11) is -3.98. The fourth-order valence-corrected chi connectivity index (χ4v) is 3.85. The first-order chi connectivity index (χ1) is 9.74. The minimum atomic E-state index is -4.59. The van der Waals surface area contributed by atoms with Crippen molar-refractivity contribution in [2.24, 2.45) is 0 Å². The standard InChI is InChI=1S/C11H9F3N2O3S2/c12-11(13,14)10-2-1-7(5-15-10)16-21(18,19)9-3-4-20-8(9)6-17/h1-5,16-17H,6H2. The smallest absolute Gasteiger partial charge is 0.391 e. The van der Waals surface area contributed by atoms with E-state index in [9.17, 15) is 21.6 Å². The van der Waals surface area contributed by atoms with E-state index < -0.39 is 28.5 Å². The molecule has 0 amide bonds. The molecule has 2 N–H and O–H groups in total. The molecule has 5 nitrogen and oxygen atoms in total. The molecule has 0 unspecified atom stereocenters. The van der Waals surface area contributed by atoms with Gasteiger partial charge in [-0.1, -0.05) is 0 Å². The van der Waals surface area contributed by atoms with Crippen LogP contribution in [0.25, 0.3) is 0 Å². The maximum atomic E-state index is 12.4. The van der Waals surface area contributed by atoms with Crippen molar-refractivity contribution in [1.29, 1.82) is 0 Å². The Bertz CT molecular complexity index is 724. The van der Waals surface area contributed by atoms with E-state index in [1.165, 1.54) is 11.4 Å². The molecule has 0 atom stereocenters. The van der Waals surface area contributed by atoms with E-state index in [4.69, 9.17) is 5.11 Å². The molecule has 2 aromatic rings. The van der Waals surface area contributed by atoms with Crippen molar-refractivity contribution in [3.8, 4) is 0 Å². The number of sulfonamides is 1. The lowest BCUT2D eigenvalue weighted by molar-refractivity contribution is -0.141. The summed E-state index contributed by atoms with van der Waals surface area (Å²) >= 11 is 1.06. The Morgan fingerprint density at radius 3 is 2.52 bits per heavy atom. The Hall–Kier alpha value is -1.65. The topological polar surface area (TPSA) is 79.3 Å². The number of halogens is 3. The Morgan fingerprint density at radius 2 is 2.00 bits per heavy atom. The minimum Gasteiger partial charge on any atom is -0.391 e. The van der Waals surface area contributed by atoms with Crippen LogP contribution in [0.2, 0.25) is 0 Å². The molecule has 0 saturated carbocycles. The van der Waals surface area contributed by atoms with Gasteiger partial charge in [-0.2, -0.15) is 13.2 Å². The third-order valence-electron chi connectivity index (χ3n) is 2.44. The lowest BCUT2D eigenvalue weighted by Crippen LogP contribution is -2.14. The highest BCUT2D eigenvalue weighted by molar-refractivity contribution is 7.93. The predicted octanol–water partition coefficient (Wildman–Crippen LogP) is 2.46. The average molecular weight is 338 g/mol. The third kappa shape index (κ3) is 3.52. The van der Waals surface area contributed by atoms with E-state index >= 15 is 0 Å². The van der Waals surface area contributed by atoms with Gasteiger partial charge in [0, 0.05) is 0 Å². The molecule has 0 radical (unpaired) electrons. The molecule has 0 aliphatic rings. The second-order valence-electron chi connectivity index (χ2n) is 3.90. The van der Waals surface area contributed by atoms with Crippen LogP contribution in [0.3, 0.4) is 0 Å². The highest BCUT2D eigenvalue weighted by Gasteiger charge is 2.32. The molecule has 0 fully saturated rings. The fraction of sp³-hybridized carbons (Fsp3) is 0.182. The first kappa shape index (κ1) is 15.7. The van der Waals surface area contributed by atoms with E-state index in [1.807, 2.05) is 0 Å². The quantitative estimate of drug-likeness (QED) is 0.897. The zero-order valence-electron chi connectivity index (χ0n) is 10.3. The SMILES string of the molecule is O=S(=O)(Nc1ccc(C(F)(F)F)nc1)c1ccsc1CO. The Labute approximate surface area is 122 Å². The normalized spacial score (nSPS) is 12.4. The highest BCUT2D eigenvalue weighted by atomic mass is 32.2. The van der Waals surface area contributed by atoms with Crippen LogP contribution < -0.4 is 4.72 Å². The van der Waals surface area contributed by atoms with Crippen molar-refractivity contribution >= 4 is 27.0 Å². The molecule has 0 aromatic carbocycles. The second-order valence-corrected chi connectivity index (χ2v) is 6.55. The molecule has 114 valence electrons. The lowest BCUT2D eigenvalue weighted by Gasteiger charge is -2.09. The third-order valence-corrected chi connectivity index (χ3v) is 4.94. The summed E-state index contributed by atoms with van der Waals surface area (Å²) in [5.41, 5.74) is -1.21. The van der Waals surface area contributed by atoms with Crippen molar-refractivity contribution < 1.29 is 26.7 Å². The van der Waals surface area contributed by atoms with Gasteiger partial charge < -0.3 is 5.11 Å². The zero-order valence-corrected chi connectivity index (χ0v) is 11.9. The van der Waals surface area contributed by atoms with Gasteiger partial charge >= 0.3 is 6.18 Å². The molecule has 21 heavy (non-hydrogen) atoms. The number of hydrogen-bond donors (Lipinski definition) is 2. The second kappa shape index (κ2) is 5.62. The summed E-state index contributed by atoms with van der Waals surface area (Å²) in [6, 6.07) is 2.95. The lowest BCUT2D eigenvalue weighted by atomic mass is 10.3. The van der Waals surface area contributed by atoms with Gasteiger partial charge in [-0.3, -0.25) is 4.72 Å². The van der Waals surface area contributed by atoms with Crippen LogP contribution in [0.1, 0.15) is 10.6 Å². The van der Waals surface area contributed by atoms with Crippen LogP contribution in [-0.2, 0) is 22.8 Å². The number of anilines is 1. The van der Waals surface area contributed by atoms with Crippen LogP contribution in [0.4, 0.5) is 18.9 Å². The predicted molar refractivity (Wildman–Crippen MR) is 70.3 cm³/mol. The van der Waals surface area contributed by atoms with Crippen molar-refractivity contribution in [3.63, 3.8) is 0 Å². The number of aromatic nitrogens is 1. The van der Waals surface area contributed by atoms with E-state index in [0.717, 1.165) is 23.6 Å². The Morgan fingerprint density at radius 1 is 1.29 bits per heavy atom. The van der Waals surface area contributed by atoms with Crippen molar-refractivity contribution in [1.82, 2.24) is 4.98 Å². The molecule has 0 aliphatic heterocycles. The van der Waals surface area contributed by atoms with Crippen molar-refractivity contribution in [2.75, 3.05) is 4.72 Å². The summed E-state index contributed by atoms with van der Waals surface area (Å²) < 4.78 is 63.3. The van der Waals surface area contributed by atoms with Gasteiger partial charge in [-0.15, -0.1) is 11.3 Å². The maximum absolute atomic E-state index is 12.4. The van der Waals surface area contributed by atoms with E-state index in [0.29, 0.717) is 6.07 Å². The van der Waals surface area contributed by atoms with Gasteiger partial charge in [0.25, 0.3) is 10.0 Å². The molecule has 2 heterocycles. The summed E-state index contributed by atoms with van der Waals surface area (Å²) in [5.74, 6) is 0. The van der Waals surface area contributed by atoms with Crippen LogP contribution in [0.15, 0.2) is 34.7 Å². The molecular weight excluding hydrogens is 329 g/mol.